The smallest absolute Gasteiger partial charge is 0.250 e. The molecule has 2 unspecified atom stereocenters. The molecule has 2 atom stereocenters. The Bertz CT molecular complexity index is 1230. The number of alkyl halides is 2. The summed E-state index contributed by atoms with van der Waals surface area (Å²) in [7, 11) is 0. The topological polar surface area (TPSA) is 84.5 Å². The average molecular weight is 606 g/mol. The fourth-order valence-electron chi connectivity index (χ4n) is 4.00. The standard InChI is InChI=1S/C33H46Cl2N2O4/c1-10-32(6,7)21-15-16-26(24(19-21)33(8,9)11-2)41-18-17-25(34)29(39)36-22-13-12-14-23(20-22)37-30(40)27(35)28(38)31(3,4)5/h12-16,19-20,25,27H,10-11,17-18H2,1-9H3,(H,36,39)(H,37,40). The van der Waals surface area contributed by atoms with Crippen LogP contribution in [0.15, 0.2) is 42.5 Å². The molecular weight excluding hydrogens is 559 g/mol. The third-order valence-corrected chi connectivity index (χ3v) is 8.58. The Morgan fingerprint density at radius 2 is 1.37 bits per heavy atom. The first-order valence-corrected chi connectivity index (χ1v) is 15.1. The number of Topliss-reactive ketones (excluding diaryl/α,β-unsaturated/α-hetero) is 1. The van der Waals surface area contributed by atoms with Crippen molar-refractivity contribution in [2.75, 3.05) is 17.2 Å². The van der Waals surface area contributed by atoms with Crippen molar-refractivity contribution < 1.29 is 19.1 Å². The third-order valence-electron chi connectivity index (χ3n) is 7.77. The van der Waals surface area contributed by atoms with E-state index in [0.29, 0.717) is 17.8 Å². The van der Waals surface area contributed by atoms with Crippen LogP contribution in [0.25, 0.3) is 0 Å². The fraction of sp³-hybridized carbons (Fsp3) is 0.545. The monoisotopic (exact) mass is 604 g/mol. The first-order chi connectivity index (χ1) is 18.9. The van der Waals surface area contributed by atoms with E-state index in [-0.39, 0.29) is 29.1 Å². The Morgan fingerprint density at radius 3 is 1.90 bits per heavy atom. The zero-order chi connectivity index (χ0) is 31.2. The minimum atomic E-state index is -1.32. The van der Waals surface area contributed by atoms with Gasteiger partial charge in [0.1, 0.15) is 11.1 Å². The number of rotatable bonds is 13. The number of carbonyl (C=O) groups excluding carboxylic acids is 3. The second kappa shape index (κ2) is 14.1. The number of halogens is 2. The molecule has 2 aromatic carbocycles. The highest BCUT2D eigenvalue weighted by atomic mass is 35.5. The second-order valence-electron chi connectivity index (χ2n) is 12.8. The van der Waals surface area contributed by atoms with Crippen LogP contribution in [0.2, 0.25) is 0 Å². The molecule has 0 bridgehead atoms. The van der Waals surface area contributed by atoms with Crippen molar-refractivity contribution in [1.82, 2.24) is 0 Å². The molecule has 2 rings (SSSR count). The molecule has 2 amide bonds. The lowest BCUT2D eigenvalue weighted by Gasteiger charge is -2.30. The maximum absolute atomic E-state index is 12.8. The number of ketones is 1. The van der Waals surface area contributed by atoms with E-state index in [4.69, 9.17) is 27.9 Å². The van der Waals surface area contributed by atoms with Crippen LogP contribution in [0.4, 0.5) is 11.4 Å². The van der Waals surface area contributed by atoms with E-state index in [1.807, 2.05) is 6.07 Å². The van der Waals surface area contributed by atoms with Gasteiger partial charge in [-0.2, -0.15) is 0 Å². The number of amides is 2. The Hall–Kier alpha value is -2.57. The number of carbonyl (C=O) groups is 3. The van der Waals surface area contributed by atoms with Crippen molar-refractivity contribution >= 4 is 52.2 Å². The lowest BCUT2D eigenvalue weighted by atomic mass is 9.76. The molecule has 2 N–H and O–H groups in total. The van der Waals surface area contributed by atoms with Crippen LogP contribution in [0.1, 0.15) is 92.7 Å². The predicted molar refractivity (Wildman–Crippen MR) is 171 cm³/mol. The highest BCUT2D eigenvalue weighted by Crippen LogP contribution is 2.38. The number of benzene rings is 2. The highest BCUT2D eigenvalue weighted by molar-refractivity contribution is 6.43. The molecule has 0 aliphatic rings. The summed E-state index contributed by atoms with van der Waals surface area (Å²) in [5, 5.41) is 3.26. The summed E-state index contributed by atoms with van der Waals surface area (Å²) in [6, 6.07) is 13.0. The Morgan fingerprint density at radius 1 is 0.805 bits per heavy atom. The molecule has 0 radical (unpaired) electrons. The molecule has 0 fully saturated rings. The molecule has 6 nitrogen and oxygen atoms in total. The summed E-state index contributed by atoms with van der Waals surface area (Å²) in [6.45, 7) is 18.7. The van der Waals surface area contributed by atoms with Crippen molar-refractivity contribution in [1.29, 1.82) is 0 Å². The first kappa shape index (κ1) is 34.6. The quantitative estimate of drug-likeness (QED) is 0.178. The van der Waals surface area contributed by atoms with Gasteiger partial charge in [-0.15, -0.1) is 23.2 Å². The zero-order valence-electron chi connectivity index (χ0n) is 25.9. The van der Waals surface area contributed by atoms with Crippen molar-refractivity contribution in [3.05, 3.63) is 53.6 Å². The largest absolute Gasteiger partial charge is 0.493 e. The maximum atomic E-state index is 12.8. The van der Waals surface area contributed by atoms with Gasteiger partial charge in [0.25, 0.3) is 0 Å². The lowest BCUT2D eigenvalue weighted by Crippen LogP contribution is -2.37. The van der Waals surface area contributed by atoms with Gasteiger partial charge in [0, 0.05) is 28.8 Å². The van der Waals surface area contributed by atoms with Crippen molar-refractivity contribution in [2.24, 2.45) is 5.41 Å². The van der Waals surface area contributed by atoms with E-state index >= 15 is 0 Å². The van der Waals surface area contributed by atoms with E-state index < -0.39 is 22.1 Å². The minimum Gasteiger partial charge on any atom is -0.493 e. The summed E-state index contributed by atoms with van der Waals surface area (Å²) in [5.41, 5.74) is 2.52. The summed E-state index contributed by atoms with van der Waals surface area (Å²) in [4.78, 5) is 37.6. The normalized spacial score (nSPS) is 13.7. The van der Waals surface area contributed by atoms with Crippen LogP contribution in [-0.2, 0) is 25.2 Å². The summed E-state index contributed by atoms with van der Waals surface area (Å²) in [5.74, 6) is -0.576. The SMILES string of the molecule is CCC(C)(C)c1ccc(OCCC(Cl)C(=O)Nc2cccc(NC(=O)C(Cl)C(=O)C(C)(C)C)c2)c(C(C)(C)CC)c1. The molecule has 0 heterocycles. The molecule has 0 saturated heterocycles. The van der Waals surface area contributed by atoms with Crippen LogP contribution in [0.5, 0.6) is 5.75 Å². The number of anilines is 2. The number of nitrogens with one attached hydrogen (secondary N) is 2. The van der Waals surface area contributed by atoms with Crippen LogP contribution < -0.4 is 15.4 Å². The van der Waals surface area contributed by atoms with Gasteiger partial charge in [0.15, 0.2) is 11.2 Å². The maximum Gasteiger partial charge on any atom is 0.250 e. The van der Waals surface area contributed by atoms with Crippen LogP contribution in [0, 0.1) is 5.41 Å². The van der Waals surface area contributed by atoms with Crippen molar-refractivity contribution in [3.63, 3.8) is 0 Å². The van der Waals surface area contributed by atoms with Crippen LogP contribution in [0.3, 0.4) is 0 Å². The summed E-state index contributed by atoms with van der Waals surface area (Å²) < 4.78 is 6.17. The van der Waals surface area contributed by atoms with Gasteiger partial charge in [-0.1, -0.05) is 80.5 Å². The number of hydrogen-bond donors (Lipinski definition) is 2. The van der Waals surface area contributed by atoms with Gasteiger partial charge in [-0.3, -0.25) is 14.4 Å². The Balaban J connectivity index is 2.03. The summed E-state index contributed by atoms with van der Waals surface area (Å²) in [6.07, 6.45) is 2.29. The van der Waals surface area contributed by atoms with E-state index in [2.05, 4.69) is 64.3 Å². The van der Waals surface area contributed by atoms with Gasteiger partial charge >= 0.3 is 0 Å². The van der Waals surface area contributed by atoms with Gasteiger partial charge in [-0.25, -0.2) is 0 Å². The van der Waals surface area contributed by atoms with Gasteiger partial charge < -0.3 is 15.4 Å². The zero-order valence-corrected chi connectivity index (χ0v) is 27.4. The van der Waals surface area contributed by atoms with E-state index in [1.165, 1.54) is 5.56 Å². The van der Waals surface area contributed by atoms with Crippen molar-refractivity contribution in [2.45, 2.75) is 103 Å². The molecule has 226 valence electrons. The number of hydrogen-bond acceptors (Lipinski definition) is 4. The predicted octanol–water partition coefficient (Wildman–Crippen LogP) is 8.24. The molecule has 2 aromatic rings. The lowest BCUT2D eigenvalue weighted by molar-refractivity contribution is -0.130. The molecular formula is C33H46Cl2N2O4. The molecule has 0 saturated carbocycles. The highest BCUT2D eigenvalue weighted by Gasteiger charge is 2.33. The molecule has 0 spiro atoms. The molecule has 0 aromatic heterocycles. The van der Waals surface area contributed by atoms with Crippen molar-refractivity contribution in [3.8, 4) is 5.75 Å². The van der Waals surface area contributed by atoms with Crippen LogP contribution >= 0.6 is 23.2 Å². The Kier molecular flexibility index (Phi) is 11.9. The van der Waals surface area contributed by atoms with E-state index in [0.717, 1.165) is 24.2 Å². The average Bonchev–Trinajstić information content (AvgIpc) is 2.91. The van der Waals surface area contributed by atoms with E-state index in [1.54, 1.807) is 45.0 Å². The fourth-order valence-corrected chi connectivity index (χ4v) is 4.53. The summed E-state index contributed by atoms with van der Waals surface area (Å²) >= 11 is 12.5. The molecule has 0 aliphatic heterocycles. The van der Waals surface area contributed by atoms with Crippen LogP contribution in [-0.4, -0.2) is 35.0 Å². The molecule has 0 aliphatic carbocycles. The molecule has 8 heteroatoms. The molecule has 41 heavy (non-hydrogen) atoms. The van der Waals surface area contributed by atoms with Gasteiger partial charge in [0.2, 0.25) is 11.8 Å². The first-order valence-electron chi connectivity index (χ1n) is 14.2. The van der Waals surface area contributed by atoms with Gasteiger partial charge in [0.05, 0.1) is 6.61 Å². The van der Waals surface area contributed by atoms with Gasteiger partial charge in [-0.05, 0) is 53.5 Å². The second-order valence-corrected chi connectivity index (χ2v) is 13.8. The number of ether oxygens (including phenoxy) is 1. The minimum absolute atomic E-state index is 0.0616. The third kappa shape index (κ3) is 9.47. The van der Waals surface area contributed by atoms with E-state index in [9.17, 15) is 14.4 Å². The Labute approximate surface area is 255 Å².